The number of benzene rings is 6. The van der Waals surface area contributed by atoms with Crippen molar-refractivity contribution in [3.8, 4) is 11.1 Å². The third-order valence-electron chi connectivity index (χ3n) is 14.4. The number of hydrogen-bond donors (Lipinski definition) is 0. The van der Waals surface area contributed by atoms with Gasteiger partial charge in [-0.3, -0.25) is 0 Å². The van der Waals surface area contributed by atoms with Crippen LogP contribution in [0.2, 0.25) is 0 Å². The molecule has 0 aromatic heterocycles. The minimum absolute atomic E-state index is 0.00199. The summed E-state index contributed by atoms with van der Waals surface area (Å²) in [6.07, 6.45) is 11.6. The van der Waals surface area contributed by atoms with Gasteiger partial charge >= 0.3 is 0 Å². The highest BCUT2D eigenvalue weighted by molar-refractivity contribution is 5.88. The van der Waals surface area contributed by atoms with Gasteiger partial charge in [-0.25, -0.2) is 0 Å². The van der Waals surface area contributed by atoms with E-state index in [0.717, 1.165) is 25.7 Å². The zero-order chi connectivity index (χ0) is 41.5. The van der Waals surface area contributed by atoms with Gasteiger partial charge in [0.1, 0.15) is 0 Å². The molecule has 0 unspecified atom stereocenters. The van der Waals surface area contributed by atoms with E-state index in [9.17, 15) is 0 Å². The van der Waals surface area contributed by atoms with Crippen LogP contribution < -0.4 is 9.80 Å². The topological polar surface area (TPSA) is 6.48 Å². The summed E-state index contributed by atoms with van der Waals surface area (Å²) in [5.74, 6) is 0. The molecule has 2 aliphatic carbocycles. The molecule has 0 heterocycles. The maximum absolute atomic E-state index is 2.63. The molecule has 2 nitrogen and oxygen atoms in total. The fourth-order valence-electron chi connectivity index (χ4n) is 11.4. The molecule has 59 heavy (non-hydrogen) atoms. The Morgan fingerprint density at radius 2 is 0.983 bits per heavy atom. The van der Waals surface area contributed by atoms with Crippen molar-refractivity contribution in [3.63, 3.8) is 0 Å². The molecule has 2 aliphatic rings. The van der Waals surface area contributed by atoms with E-state index in [2.05, 4.69) is 187 Å². The van der Waals surface area contributed by atoms with Crippen LogP contribution in [0.3, 0.4) is 0 Å². The minimum atomic E-state index is -0.00199. The van der Waals surface area contributed by atoms with E-state index in [4.69, 9.17) is 0 Å². The van der Waals surface area contributed by atoms with Crippen LogP contribution in [0.15, 0.2) is 115 Å². The van der Waals surface area contributed by atoms with Crippen LogP contribution >= 0.6 is 0 Å². The molecule has 2 atom stereocenters. The Balaban J connectivity index is 1.33. The third-order valence-corrected chi connectivity index (χ3v) is 14.4. The second-order valence-corrected chi connectivity index (χ2v) is 18.1. The quantitative estimate of drug-likeness (QED) is 0.115. The van der Waals surface area contributed by atoms with Crippen LogP contribution in [0.5, 0.6) is 0 Å². The predicted molar refractivity (Wildman–Crippen MR) is 255 cm³/mol. The third kappa shape index (κ3) is 7.01. The molecule has 0 spiro atoms. The number of nitrogens with zero attached hydrogens (tertiary/aromatic N) is 2. The van der Waals surface area contributed by atoms with Crippen LogP contribution in [0.1, 0.15) is 130 Å². The highest BCUT2D eigenvalue weighted by atomic mass is 15.2. The fraction of sp³-hybridized carbons (Fsp3) is 0.368. The molecule has 2 heteroatoms. The molecule has 304 valence electrons. The predicted octanol–water partition coefficient (Wildman–Crippen LogP) is 16.5. The summed E-state index contributed by atoms with van der Waals surface area (Å²) in [6, 6.07) is 45.2. The van der Waals surface area contributed by atoms with Crippen LogP contribution in [0.25, 0.3) is 11.1 Å². The molecular weight excluding hydrogens is 713 g/mol. The van der Waals surface area contributed by atoms with Crippen LogP contribution in [0, 0.1) is 27.7 Å². The molecule has 1 saturated carbocycles. The van der Waals surface area contributed by atoms with Crippen LogP contribution in [-0.2, 0) is 30.1 Å². The zero-order valence-corrected chi connectivity index (χ0v) is 37.4. The van der Waals surface area contributed by atoms with E-state index in [0.29, 0.717) is 0 Å². The Bertz CT molecular complexity index is 2410. The van der Waals surface area contributed by atoms with Gasteiger partial charge in [0.15, 0.2) is 0 Å². The first kappa shape index (κ1) is 40.7. The Morgan fingerprint density at radius 3 is 1.49 bits per heavy atom. The molecule has 1 fully saturated rings. The summed E-state index contributed by atoms with van der Waals surface area (Å²) >= 11 is 0. The van der Waals surface area contributed by atoms with E-state index in [-0.39, 0.29) is 10.8 Å². The van der Waals surface area contributed by atoms with Gasteiger partial charge in [-0.2, -0.15) is 0 Å². The Kier molecular flexibility index (Phi) is 11.4. The first-order valence-corrected chi connectivity index (χ1v) is 22.8. The minimum Gasteiger partial charge on any atom is -0.310 e. The van der Waals surface area contributed by atoms with Gasteiger partial charge in [0.2, 0.25) is 0 Å². The van der Waals surface area contributed by atoms with Gasteiger partial charge in [-0.15, -0.1) is 0 Å². The second kappa shape index (κ2) is 16.5. The van der Waals surface area contributed by atoms with Crippen molar-refractivity contribution in [2.45, 2.75) is 137 Å². The van der Waals surface area contributed by atoms with Gasteiger partial charge in [-0.05, 0) is 182 Å². The number of fused-ring (bicyclic) bond motifs is 6. The fourth-order valence-corrected chi connectivity index (χ4v) is 11.4. The molecule has 0 amide bonds. The number of para-hydroxylation sites is 1. The molecule has 0 bridgehead atoms. The molecular formula is C57H66N2. The van der Waals surface area contributed by atoms with Crippen LogP contribution in [0.4, 0.5) is 34.1 Å². The van der Waals surface area contributed by atoms with Gasteiger partial charge in [0.05, 0.1) is 11.4 Å². The summed E-state index contributed by atoms with van der Waals surface area (Å²) in [5.41, 5.74) is 22.9. The molecule has 6 aromatic carbocycles. The number of unbranched alkanes of at least 4 members (excludes halogenated alkanes) is 1. The summed E-state index contributed by atoms with van der Waals surface area (Å²) in [5, 5.41) is 0. The average Bonchev–Trinajstić information content (AvgIpc) is 3.60. The Labute approximate surface area is 356 Å². The standard InChI is InChI=1S/C57H66N2/c1-10-14-19-45-35-41(7)55(42(8)36-45)59(47-26-22-44(13-4)23-27-47)48-28-30-50-51-31-29-49(38-53(51)57(32-11-2)34-16-33-56(57,9)52(50)37-48)58(46-24-20-43(12-3)21-25-46)54-39(5)17-15-18-40(54)6/h15,17-18,20-31,35-38H,10-14,16,19,32-34H2,1-9H3/t56-,57+/m1/s1. The summed E-state index contributed by atoms with van der Waals surface area (Å²) in [7, 11) is 0. The van der Waals surface area contributed by atoms with E-state index in [1.54, 1.807) is 5.56 Å². The highest BCUT2D eigenvalue weighted by Gasteiger charge is 2.57. The molecule has 8 rings (SSSR count). The number of rotatable bonds is 13. The molecule has 6 aromatic rings. The van der Waals surface area contributed by atoms with Crippen LogP contribution in [-0.4, -0.2) is 0 Å². The van der Waals surface area contributed by atoms with E-state index in [1.165, 1.54) is 128 Å². The lowest BCUT2D eigenvalue weighted by molar-refractivity contribution is 0.251. The van der Waals surface area contributed by atoms with Crippen molar-refractivity contribution in [1.29, 1.82) is 0 Å². The van der Waals surface area contributed by atoms with E-state index in [1.807, 2.05) is 0 Å². The number of anilines is 6. The summed E-state index contributed by atoms with van der Waals surface area (Å²) in [4.78, 5) is 5.10. The van der Waals surface area contributed by atoms with Crippen molar-refractivity contribution in [2.75, 3.05) is 9.80 Å². The number of hydrogen-bond acceptors (Lipinski definition) is 2. The first-order valence-electron chi connectivity index (χ1n) is 22.8. The lowest BCUT2D eigenvalue weighted by Gasteiger charge is -2.51. The average molecular weight is 779 g/mol. The lowest BCUT2D eigenvalue weighted by atomic mass is 9.53. The van der Waals surface area contributed by atoms with Crippen molar-refractivity contribution < 1.29 is 0 Å². The summed E-state index contributed by atoms with van der Waals surface area (Å²) in [6.45, 7) is 21.0. The second-order valence-electron chi connectivity index (χ2n) is 18.1. The summed E-state index contributed by atoms with van der Waals surface area (Å²) < 4.78 is 0. The van der Waals surface area contributed by atoms with Gasteiger partial charge in [-0.1, -0.05) is 121 Å². The zero-order valence-electron chi connectivity index (χ0n) is 37.4. The smallest absolute Gasteiger partial charge is 0.0520 e. The largest absolute Gasteiger partial charge is 0.310 e. The maximum Gasteiger partial charge on any atom is 0.0520 e. The van der Waals surface area contributed by atoms with Gasteiger partial charge in [0.25, 0.3) is 0 Å². The van der Waals surface area contributed by atoms with Crippen molar-refractivity contribution in [3.05, 3.63) is 165 Å². The Hall–Kier alpha value is -5.08. The number of aryl methyl sites for hydroxylation is 7. The van der Waals surface area contributed by atoms with Gasteiger partial charge < -0.3 is 9.80 Å². The molecule has 0 radical (unpaired) electrons. The van der Waals surface area contributed by atoms with E-state index < -0.39 is 0 Å². The van der Waals surface area contributed by atoms with E-state index >= 15 is 0 Å². The highest BCUT2D eigenvalue weighted by Crippen LogP contribution is 2.65. The normalized spacial score (nSPS) is 18.0. The molecule has 0 N–H and O–H groups in total. The Morgan fingerprint density at radius 1 is 0.492 bits per heavy atom. The maximum atomic E-state index is 2.63. The van der Waals surface area contributed by atoms with Gasteiger partial charge in [0, 0.05) is 33.6 Å². The molecule has 0 saturated heterocycles. The lowest BCUT2D eigenvalue weighted by Crippen LogP contribution is -2.46. The van der Waals surface area contributed by atoms with Crippen molar-refractivity contribution in [2.24, 2.45) is 0 Å². The van der Waals surface area contributed by atoms with Crippen molar-refractivity contribution >= 4 is 34.1 Å². The molecule has 0 aliphatic heterocycles. The first-order chi connectivity index (χ1) is 28.6. The van der Waals surface area contributed by atoms with Crippen molar-refractivity contribution in [1.82, 2.24) is 0 Å². The SMILES string of the molecule is CCCCc1cc(C)c(N(c2ccc(CC)cc2)c2ccc3c(c2)[C@@]2(C)CCC[C@@]2(CCC)c2cc(N(c4ccc(CC)cc4)c4c(C)cccc4C)ccc2-3)c(C)c1. The monoisotopic (exact) mass is 779 g/mol.